The van der Waals surface area contributed by atoms with Gasteiger partial charge in [0.2, 0.25) is 0 Å². The van der Waals surface area contributed by atoms with E-state index in [0.717, 1.165) is 5.69 Å². The lowest BCUT2D eigenvalue weighted by Gasteiger charge is -2.19. The minimum Gasteiger partial charge on any atom is -0.397 e. The molecule has 15 heavy (non-hydrogen) atoms. The molecule has 0 spiro atoms. The molecule has 0 saturated carbocycles. The summed E-state index contributed by atoms with van der Waals surface area (Å²) in [5, 5.41) is 2.90. The lowest BCUT2D eigenvalue weighted by Crippen LogP contribution is -2.36. The minimum absolute atomic E-state index is 0.0853. The summed E-state index contributed by atoms with van der Waals surface area (Å²) >= 11 is 0. The molecule has 0 radical (unpaired) electrons. The minimum atomic E-state index is -0.195. The van der Waals surface area contributed by atoms with Crippen molar-refractivity contribution in [3.63, 3.8) is 0 Å². The van der Waals surface area contributed by atoms with Gasteiger partial charge in [-0.2, -0.15) is 0 Å². The van der Waals surface area contributed by atoms with Crippen LogP contribution in [0.1, 0.15) is 13.8 Å². The molecule has 2 amide bonds. The number of amides is 2. The van der Waals surface area contributed by atoms with E-state index in [9.17, 15) is 4.79 Å². The van der Waals surface area contributed by atoms with Crippen molar-refractivity contribution in [2.45, 2.75) is 19.4 Å². The van der Waals surface area contributed by atoms with Gasteiger partial charge < -0.3 is 11.1 Å². The molecule has 4 nitrogen and oxygen atoms in total. The van der Waals surface area contributed by atoms with Crippen molar-refractivity contribution in [1.82, 2.24) is 5.32 Å². The van der Waals surface area contributed by atoms with Crippen molar-refractivity contribution >= 4 is 17.4 Å². The van der Waals surface area contributed by atoms with Crippen LogP contribution in [-0.2, 0) is 0 Å². The SMILES string of the molecule is CC1(C)CN(c2ccccc2N)C(=O)N1. The second-order valence-electron chi connectivity index (χ2n) is 4.46. The molecule has 1 heterocycles. The highest BCUT2D eigenvalue weighted by Gasteiger charge is 2.36. The molecule has 1 aromatic rings. The third-order valence-electron chi connectivity index (χ3n) is 2.47. The smallest absolute Gasteiger partial charge is 0.322 e. The van der Waals surface area contributed by atoms with Crippen molar-refractivity contribution in [3.05, 3.63) is 24.3 Å². The van der Waals surface area contributed by atoms with E-state index in [2.05, 4.69) is 5.32 Å². The Morgan fingerprint density at radius 1 is 1.40 bits per heavy atom. The van der Waals surface area contributed by atoms with Crippen LogP contribution in [0.2, 0.25) is 0 Å². The van der Waals surface area contributed by atoms with Gasteiger partial charge >= 0.3 is 6.03 Å². The van der Waals surface area contributed by atoms with E-state index in [0.29, 0.717) is 12.2 Å². The largest absolute Gasteiger partial charge is 0.397 e. The molecule has 0 unspecified atom stereocenters. The van der Waals surface area contributed by atoms with Gasteiger partial charge in [-0.25, -0.2) is 4.79 Å². The number of nitrogen functional groups attached to an aromatic ring is 1. The Morgan fingerprint density at radius 2 is 2.07 bits per heavy atom. The molecule has 0 aromatic heterocycles. The van der Waals surface area contributed by atoms with Crippen LogP contribution in [0.3, 0.4) is 0 Å². The van der Waals surface area contributed by atoms with Gasteiger partial charge in [0.1, 0.15) is 0 Å². The van der Waals surface area contributed by atoms with Crippen LogP contribution in [0.5, 0.6) is 0 Å². The molecule has 0 bridgehead atoms. The fourth-order valence-corrected chi connectivity index (χ4v) is 1.79. The van der Waals surface area contributed by atoms with Crippen molar-refractivity contribution in [2.75, 3.05) is 17.2 Å². The summed E-state index contributed by atoms with van der Waals surface area (Å²) in [4.78, 5) is 13.4. The number of para-hydroxylation sites is 2. The molecule has 1 saturated heterocycles. The molecule has 1 aliphatic heterocycles. The van der Waals surface area contributed by atoms with E-state index in [4.69, 9.17) is 5.73 Å². The zero-order chi connectivity index (χ0) is 11.1. The van der Waals surface area contributed by atoms with Crippen LogP contribution in [-0.4, -0.2) is 18.1 Å². The molecule has 3 N–H and O–H groups in total. The van der Waals surface area contributed by atoms with Gasteiger partial charge in [-0.1, -0.05) is 12.1 Å². The van der Waals surface area contributed by atoms with E-state index < -0.39 is 0 Å². The first-order valence-electron chi connectivity index (χ1n) is 4.94. The maximum absolute atomic E-state index is 11.7. The van der Waals surface area contributed by atoms with E-state index >= 15 is 0 Å². The van der Waals surface area contributed by atoms with Gasteiger partial charge in [0.05, 0.1) is 23.5 Å². The van der Waals surface area contributed by atoms with E-state index in [1.54, 1.807) is 11.0 Å². The fourth-order valence-electron chi connectivity index (χ4n) is 1.79. The molecule has 1 fully saturated rings. The normalized spacial score (nSPS) is 19.1. The summed E-state index contributed by atoms with van der Waals surface area (Å²) in [6, 6.07) is 7.31. The third-order valence-corrected chi connectivity index (χ3v) is 2.47. The van der Waals surface area contributed by atoms with Gasteiger partial charge in [-0.15, -0.1) is 0 Å². The predicted octanol–water partition coefficient (Wildman–Crippen LogP) is 1.58. The number of hydrogen-bond donors (Lipinski definition) is 2. The highest BCUT2D eigenvalue weighted by Crippen LogP contribution is 2.27. The highest BCUT2D eigenvalue weighted by molar-refractivity contribution is 5.97. The van der Waals surface area contributed by atoms with Crippen LogP contribution in [0, 0.1) is 0 Å². The number of carbonyl (C=O) groups is 1. The van der Waals surface area contributed by atoms with E-state index in [1.165, 1.54) is 0 Å². The Bertz CT molecular complexity index is 401. The number of nitrogens with one attached hydrogen (secondary N) is 1. The van der Waals surface area contributed by atoms with Crippen LogP contribution in [0.15, 0.2) is 24.3 Å². The molecule has 80 valence electrons. The molecule has 0 atom stereocenters. The highest BCUT2D eigenvalue weighted by atomic mass is 16.2. The van der Waals surface area contributed by atoms with Gasteiger partial charge in [0, 0.05) is 0 Å². The third kappa shape index (κ3) is 1.75. The fraction of sp³-hybridized carbons (Fsp3) is 0.364. The number of rotatable bonds is 1. The molecule has 4 heteroatoms. The summed E-state index contributed by atoms with van der Waals surface area (Å²) in [6.07, 6.45) is 0. The zero-order valence-corrected chi connectivity index (χ0v) is 8.95. The first-order valence-corrected chi connectivity index (χ1v) is 4.94. The summed E-state index contributed by atoms with van der Waals surface area (Å²) in [5.41, 5.74) is 7.04. The van der Waals surface area contributed by atoms with Crippen molar-refractivity contribution in [2.24, 2.45) is 0 Å². The number of hydrogen-bond acceptors (Lipinski definition) is 2. The Labute approximate surface area is 89.1 Å². The van der Waals surface area contributed by atoms with Crippen molar-refractivity contribution in [3.8, 4) is 0 Å². The Kier molecular flexibility index (Phi) is 2.07. The summed E-state index contributed by atoms with van der Waals surface area (Å²) in [6.45, 7) is 4.62. The number of nitrogens with two attached hydrogens (primary N) is 1. The molecule has 1 aliphatic rings. The number of nitrogens with zero attached hydrogens (tertiary/aromatic N) is 1. The molecule has 2 rings (SSSR count). The van der Waals surface area contributed by atoms with Crippen LogP contribution >= 0.6 is 0 Å². The maximum Gasteiger partial charge on any atom is 0.322 e. The first-order chi connectivity index (χ1) is 6.99. The van der Waals surface area contributed by atoms with Crippen LogP contribution in [0.25, 0.3) is 0 Å². The van der Waals surface area contributed by atoms with Crippen LogP contribution < -0.4 is 16.0 Å². The van der Waals surface area contributed by atoms with E-state index in [1.807, 2.05) is 32.0 Å². The average Bonchev–Trinajstić information content (AvgIpc) is 2.40. The quantitative estimate of drug-likeness (QED) is 0.684. The standard InChI is InChI=1S/C11H15N3O/c1-11(2)7-14(10(15)13-11)9-6-4-3-5-8(9)12/h3-6H,7,12H2,1-2H3,(H,13,15). The van der Waals surface area contributed by atoms with Gasteiger partial charge in [0.15, 0.2) is 0 Å². The van der Waals surface area contributed by atoms with Crippen molar-refractivity contribution in [1.29, 1.82) is 0 Å². The topological polar surface area (TPSA) is 58.4 Å². The van der Waals surface area contributed by atoms with Gasteiger partial charge in [-0.3, -0.25) is 4.90 Å². The average molecular weight is 205 g/mol. The van der Waals surface area contributed by atoms with Crippen LogP contribution in [0.4, 0.5) is 16.2 Å². The lowest BCUT2D eigenvalue weighted by atomic mass is 10.1. The van der Waals surface area contributed by atoms with E-state index in [-0.39, 0.29) is 11.6 Å². The van der Waals surface area contributed by atoms with Gasteiger partial charge in [-0.05, 0) is 26.0 Å². The number of urea groups is 1. The lowest BCUT2D eigenvalue weighted by molar-refractivity contribution is 0.249. The number of anilines is 2. The second-order valence-corrected chi connectivity index (χ2v) is 4.46. The molecular formula is C11H15N3O. The monoisotopic (exact) mass is 205 g/mol. The molecule has 0 aliphatic carbocycles. The molecule has 1 aromatic carbocycles. The zero-order valence-electron chi connectivity index (χ0n) is 8.95. The van der Waals surface area contributed by atoms with Crippen molar-refractivity contribution < 1.29 is 4.79 Å². The predicted molar refractivity (Wildman–Crippen MR) is 60.8 cm³/mol. The summed E-state index contributed by atoms with van der Waals surface area (Å²) in [7, 11) is 0. The summed E-state index contributed by atoms with van der Waals surface area (Å²) < 4.78 is 0. The Balaban J connectivity index is 2.34. The number of benzene rings is 1. The Hall–Kier alpha value is -1.71. The Morgan fingerprint density at radius 3 is 2.60 bits per heavy atom. The second kappa shape index (κ2) is 3.15. The summed E-state index contributed by atoms with van der Waals surface area (Å²) in [5.74, 6) is 0. The first kappa shape index (κ1) is 9.83. The molecular weight excluding hydrogens is 190 g/mol. The van der Waals surface area contributed by atoms with Gasteiger partial charge in [0.25, 0.3) is 0 Å². The number of carbonyl (C=O) groups excluding carboxylic acids is 1. The maximum atomic E-state index is 11.7.